The molecule has 2 aromatic heterocycles. The summed E-state index contributed by atoms with van der Waals surface area (Å²) in [5.74, 6) is 0.328. The van der Waals surface area contributed by atoms with E-state index >= 15 is 0 Å². The molecule has 3 heterocycles. The summed E-state index contributed by atoms with van der Waals surface area (Å²) in [7, 11) is 0. The smallest absolute Gasteiger partial charge is 0.251 e. The van der Waals surface area contributed by atoms with Crippen LogP contribution in [-0.2, 0) is 0 Å². The van der Waals surface area contributed by atoms with Gasteiger partial charge in [-0.2, -0.15) is 10.4 Å². The lowest BCUT2D eigenvalue weighted by Crippen LogP contribution is -2.28. The molecule has 2 N–H and O–H groups in total. The molecule has 120 valence electrons. The highest BCUT2D eigenvalue weighted by atomic mass is 16.1. The monoisotopic (exact) mass is 319 g/mol. The topological polar surface area (TPSA) is 86.0 Å². The van der Waals surface area contributed by atoms with Crippen molar-refractivity contribution in [2.75, 3.05) is 13.1 Å². The Balaban J connectivity index is 1.89. The fourth-order valence-electron chi connectivity index (χ4n) is 3.39. The zero-order valence-corrected chi connectivity index (χ0v) is 13.1. The van der Waals surface area contributed by atoms with Gasteiger partial charge in [-0.25, -0.2) is 4.52 Å². The van der Waals surface area contributed by atoms with E-state index in [1.165, 1.54) is 0 Å². The quantitative estimate of drug-likeness (QED) is 0.757. The van der Waals surface area contributed by atoms with Gasteiger partial charge in [0.25, 0.3) is 5.56 Å². The maximum Gasteiger partial charge on any atom is 0.251 e. The van der Waals surface area contributed by atoms with Gasteiger partial charge in [-0.05, 0) is 43.6 Å². The Morgan fingerprint density at radius 3 is 2.88 bits per heavy atom. The zero-order valence-electron chi connectivity index (χ0n) is 13.1. The number of aromatic nitrogens is 3. The number of piperidine rings is 1. The molecule has 0 atom stereocenters. The van der Waals surface area contributed by atoms with Crippen molar-refractivity contribution >= 4 is 5.65 Å². The third-order valence-corrected chi connectivity index (χ3v) is 4.59. The first-order chi connectivity index (χ1) is 11.8. The SMILES string of the molecule is N#Cc1cccc(-c2cnn3c(C4CCNCC4)cc(=O)[nH]c23)c1. The minimum absolute atomic E-state index is 0.116. The highest BCUT2D eigenvalue weighted by Gasteiger charge is 2.20. The molecule has 0 amide bonds. The van der Waals surface area contributed by atoms with Crippen LogP contribution in [0.5, 0.6) is 0 Å². The fraction of sp³-hybridized carbons (Fsp3) is 0.278. The van der Waals surface area contributed by atoms with E-state index in [2.05, 4.69) is 21.5 Å². The summed E-state index contributed by atoms with van der Waals surface area (Å²) in [5.41, 5.74) is 3.82. The Hall–Kier alpha value is -2.91. The van der Waals surface area contributed by atoms with Gasteiger partial charge in [-0.15, -0.1) is 0 Å². The fourth-order valence-corrected chi connectivity index (χ4v) is 3.39. The Morgan fingerprint density at radius 1 is 1.25 bits per heavy atom. The van der Waals surface area contributed by atoms with Crippen LogP contribution in [0, 0.1) is 11.3 Å². The molecule has 3 aromatic rings. The van der Waals surface area contributed by atoms with E-state index in [0.29, 0.717) is 17.1 Å². The lowest BCUT2D eigenvalue weighted by molar-refractivity contribution is 0.446. The van der Waals surface area contributed by atoms with Crippen LogP contribution in [0.1, 0.15) is 30.0 Å². The van der Waals surface area contributed by atoms with Crippen LogP contribution < -0.4 is 10.9 Å². The van der Waals surface area contributed by atoms with Crippen molar-refractivity contribution < 1.29 is 0 Å². The van der Waals surface area contributed by atoms with Crippen LogP contribution in [0.3, 0.4) is 0 Å². The van der Waals surface area contributed by atoms with Gasteiger partial charge in [-0.1, -0.05) is 12.1 Å². The van der Waals surface area contributed by atoms with E-state index in [4.69, 9.17) is 5.26 Å². The first-order valence-electron chi connectivity index (χ1n) is 8.08. The van der Waals surface area contributed by atoms with Crippen LogP contribution in [0.15, 0.2) is 41.3 Å². The van der Waals surface area contributed by atoms with Gasteiger partial charge in [-0.3, -0.25) is 4.79 Å². The molecule has 1 aliphatic heterocycles. The Bertz CT molecular complexity index is 989. The Morgan fingerprint density at radius 2 is 2.08 bits per heavy atom. The van der Waals surface area contributed by atoms with E-state index in [1.807, 2.05) is 22.7 Å². The average Bonchev–Trinajstić information content (AvgIpc) is 3.05. The summed E-state index contributed by atoms with van der Waals surface area (Å²) < 4.78 is 1.84. The van der Waals surface area contributed by atoms with Crippen molar-refractivity contribution in [1.29, 1.82) is 5.26 Å². The summed E-state index contributed by atoms with van der Waals surface area (Å²) in [4.78, 5) is 15.1. The molecule has 4 rings (SSSR count). The summed E-state index contributed by atoms with van der Waals surface area (Å²) >= 11 is 0. The van der Waals surface area contributed by atoms with E-state index in [0.717, 1.165) is 42.8 Å². The van der Waals surface area contributed by atoms with E-state index in [9.17, 15) is 4.79 Å². The number of rotatable bonds is 2. The largest absolute Gasteiger partial charge is 0.317 e. The summed E-state index contributed by atoms with van der Waals surface area (Å²) in [6.07, 6.45) is 3.75. The minimum Gasteiger partial charge on any atom is -0.317 e. The van der Waals surface area contributed by atoms with Crippen molar-refractivity contribution in [1.82, 2.24) is 19.9 Å². The van der Waals surface area contributed by atoms with Crippen molar-refractivity contribution in [2.24, 2.45) is 0 Å². The van der Waals surface area contributed by atoms with Crippen LogP contribution in [0.25, 0.3) is 16.8 Å². The van der Waals surface area contributed by atoms with Gasteiger partial charge in [0, 0.05) is 17.5 Å². The molecule has 0 bridgehead atoms. The second kappa shape index (κ2) is 5.95. The molecule has 0 aliphatic carbocycles. The zero-order chi connectivity index (χ0) is 16.5. The lowest BCUT2D eigenvalue weighted by atomic mass is 9.94. The van der Waals surface area contributed by atoms with Crippen molar-refractivity contribution in [3.05, 3.63) is 58.1 Å². The molecule has 0 radical (unpaired) electrons. The number of nitriles is 1. The third kappa shape index (κ3) is 2.49. The standard InChI is InChI=1S/C18H17N5O/c19-10-12-2-1-3-14(8-12)15-11-21-23-16(9-17(24)22-18(15)23)13-4-6-20-7-5-13/h1-3,8-9,11,13,20H,4-7H2,(H,22,24). The summed E-state index contributed by atoms with van der Waals surface area (Å²) in [6.45, 7) is 1.91. The number of nitrogens with one attached hydrogen (secondary N) is 2. The molecular formula is C18H17N5O. The molecule has 1 aromatic carbocycles. The van der Waals surface area contributed by atoms with Crippen molar-refractivity contribution in [3.8, 4) is 17.2 Å². The highest BCUT2D eigenvalue weighted by Crippen LogP contribution is 2.28. The second-order valence-electron chi connectivity index (χ2n) is 6.09. The highest BCUT2D eigenvalue weighted by molar-refractivity contribution is 5.77. The van der Waals surface area contributed by atoms with Gasteiger partial charge >= 0.3 is 0 Å². The van der Waals surface area contributed by atoms with Crippen molar-refractivity contribution in [3.63, 3.8) is 0 Å². The predicted molar refractivity (Wildman–Crippen MR) is 90.8 cm³/mol. The van der Waals surface area contributed by atoms with Crippen molar-refractivity contribution in [2.45, 2.75) is 18.8 Å². The summed E-state index contributed by atoms with van der Waals surface area (Å²) in [6, 6.07) is 11.1. The first-order valence-corrected chi connectivity index (χ1v) is 8.08. The van der Waals surface area contributed by atoms with Crippen LogP contribution in [0.2, 0.25) is 0 Å². The molecular weight excluding hydrogens is 302 g/mol. The minimum atomic E-state index is -0.116. The molecule has 24 heavy (non-hydrogen) atoms. The number of benzene rings is 1. The van der Waals surface area contributed by atoms with Crippen LogP contribution >= 0.6 is 0 Å². The van der Waals surface area contributed by atoms with E-state index in [1.54, 1.807) is 18.3 Å². The lowest BCUT2D eigenvalue weighted by Gasteiger charge is -2.23. The second-order valence-corrected chi connectivity index (χ2v) is 6.09. The van der Waals surface area contributed by atoms with Gasteiger partial charge < -0.3 is 10.3 Å². The Labute approximate surface area is 138 Å². The normalized spacial score (nSPS) is 15.5. The maximum atomic E-state index is 12.2. The molecule has 6 nitrogen and oxygen atoms in total. The van der Waals surface area contributed by atoms with Gasteiger partial charge in [0.1, 0.15) is 5.65 Å². The number of H-pyrrole nitrogens is 1. The van der Waals surface area contributed by atoms with E-state index in [-0.39, 0.29) is 5.56 Å². The predicted octanol–water partition coefficient (Wildman–Crippen LogP) is 2.03. The molecule has 1 aliphatic rings. The van der Waals surface area contributed by atoms with E-state index < -0.39 is 0 Å². The van der Waals surface area contributed by atoms with Gasteiger partial charge in [0.2, 0.25) is 0 Å². The third-order valence-electron chi connectivity index (χ3n) is 4.59. The molecule has 6 heteroatoms. The Kier molecular flexibility index (Phi) is 3.63. The summed E-state index contributed by atoms with van der Waals surface area (Å²) in [5, 5.41) is 17.0. The van der Waals surface area contributed by atoms with Gasteiger partial charge in [0.05, 0.1) is 23.5 Å². The maximum absolute atomic E-state index is 12.2. The van der Waals surface area contributed by atoms with Crippen LogP contribution in [0.4, 0.5) is 0 Å². The first kappa shape index (κ1) is 14.7. The number of nitrogens with zero attached hydrogens (tertiary/aromatic N) is 3. The van der Waals surface area contributed by atoms with Crippen LogP contribution in [-0.4, -0.2) is 27.7 Å². The number of fused-ring (bicyclic) bond motifs is 1. The molecule has 0 saturated carbocycles. The average molecular weight is 319 g/mol. The number of aromatic amines is 1. The number of hydrogen-bond acceptors (Lipinski definition) is 4. The molecule has 1 saturated heterocycles. The molecule has 0 unspecified atom stereocenters. The van der Waals surface area contributed by atoms with Gasteiger partial charge in [0.15, 0.2) is 0 Å². The molecule has 0 spiro atoms. The number of hydrogen-bond donors (Lipinski definition) is 2. The molecule has 1 fully saturated rings.